The van der Waals surface area contributed by atoms with Gasteiger partial charge in [0.2, 0.25) is 11.7 Å². The summed E-state index contributed by atoms with van der Waals surface area (Å²) in [5.74, 6) is -1.87. The molecule has 9 heteroatoms. The van der Waals surface area contributed by atoms with Crippen molar-refractivity contribution in [1.29, 1.82) is 0 Å². The third-order valence-electron chi connectivity index (χ3n) is 3.79. The topological polar surface area (TPSA) is 107 Å². The highest BCUT2D eigenvalue weighted by Crippen LogP contribution is 2.21. The Morgan fingerprint density at radius 1 is 1.27 bits per heavy atom. The van der Waals surface area contributed by atoms with Gasteiger partial charge in [0.25, 0.3) is 0 Å². The Morgan fingerprint density at radius 3 is 2.81 bits per heavy atom. The lowest BCUT2D eigenvalue weighted by molar-refractivity contribution is -0.387. The van der Waals surface area contributed by atoms with Gasteiger partial charge in [-0.05, 0) is 30.7 Å². The molecule has 1 N–H and O–H groups in total. The number of carbonyl (C=O) groups is 1. The number of fused-ring (bicyclic) bond motifs is 1. The molecule has 1 aromatic heterocycles. The highest BCUT2D eigenvalue weighted by atomic mass is 19.1. The zero-order chi connectivity index (χ0) is 18.7. The van der Waals surface area contributed by atoms with Gasteiger partial charge in [-0.2, -0.15) is 4.39 Å². The first-order chi connectivity index (χ1) is 12.5. The number of aryl methyl sites for hydroxylation is 1. The molecule has 2 aromatic carbocycles. The molecule has 0 aliphatic heterocycles. The van der Waals surface area contributed by atoms with Gasteiger partial charge in [0.15, 0.2) is 5.58 Å². The summed E-state index contributed by atoms with van der Waals surface area (Å²) in [6.45, 7) is 0.285. The molecule has 26 heavy (non-hydrogen) atoms. The van der Waals surface area contributed by atoms with Crippen molar-refractivity contribution in [2.45, 2.75) is 19.4 Å². The number of oxazole rings is 1. The predicted molar refractivity (Wildman–Crippen MR) is 91.4 cm³/mol. The number of aromatic nitrogens is 1. The number of nitrogens with zero attached hydrogens (tertiary/aromatic N) is 2. The van der Waals surface area contributed by atoms with Crippen LogP contribution in [0.25, 0.3) is 11.1 Å². The first-order valence-corrected chi connectivity index (χ1v) is 7.78. The number of nitro benzene ring substituents is 1. The number of hydrogen-bond donors (Lipinski definition) is 1. The van der Waals surface area contributed by atoms with Crippen molar-refractivity contribution in [1.82, 2.24) is 4.57 Å². The standard InChI is InChI=1S/C17H14FN3O5/c18-12-8-7-11(10-14(12)21(24)25)19-16(22)6-3-9-20-13-4-1-2-5-15(13)26-17(20)23/h1-2,4-5,7-8,10H,3,6,9H2,(H,19,22). The van der Waals surface area contributed by atoms with E-state index in [1.165, 1.54) is 10.6 Å². The average Bonchev–Trinajstić information content (AvgIpc) is 2.92. The molecule has 0 aliphatic carbocycles. The van der Waals surface area contributed by atoms with Crippen LogP contribution >= 0.6 is 0 Å². The summed E-state index contributed by atoms with van der Waals surface area (Å²) in [6, 6.07) is 10.1. The van der Waals surface area contributed by atoms with E-state index >= 15 is 0 Å². The summed E-state index contributed by atoms with van der Waals surface area (Å²) in [6.07, 6.45) is 0.440. The molecule has 0 fully saturated rings. The number of rotatable bonds is 6. The van der Waals surface area contributed by atoms with Gasteiger partial charge in [0.05, 0.1) is 10.4 Å². The van der Waals surface area contributed by atoms with Gasteiger partial charge >= 0.3 is 11.4 Å². The van der Waals surface area contributed by atoms with Crippen LogP contribution in [0.2, 0.25) is 0 Å². The lowest BCUT2D eigenvalue weighted by Crippen LogP contribution is -2.17. The summed E-state index contributed by atoms with van der Waals surface area (Å²) < 4.78 is 19.8. The molecule has 3 rings (SSSR count). The molecule has 0 aliphatic rings. The quantitative estimate of drug-likeness (QED) is 0.537. The third kappa shape index (κ3) is 3.61. The van der Waals surface area contributed by atoms with Crippen LogP contribution in [0.15, 0.2) is 51.7 Å². The van der Waals surface area contributed by atoms with Crippen LogP contribution in [0.1, 0.15) is 12.8 Å². The van der Waals surface area contributed by atoms with Crippen molar-refractivity contribution in [2.75, 3.05) is 5.32 Å². The third-order valence-corrected chi connectivity index (χ3v) is 3.79. The largest absolute Gasteiger partial charge is 0.419 e. The Morgan fingerprint density at radius 2 is 2.04 bits per heavy atom. The number of carbonyl (C=O) groups excluding carboxylic acids is 1. The highest BCUT2D eigenvalue weighted by molar-refractivity contribution is 5.91. The van der Waals surface area contributed by atoms with Gasteiger partial charge in [-0.15, -0.1) is 0 Å². The fourth-order valence-electron chi connectivity index (χ4n) is 2.58. The van der Waals surface area contributed by atoms with Crippen LogP contribution in [-0.2, 0) is 11.3 Å². The molecule has 0 saturated heterocycles. The monoisotopic (exact) mass is 359 g/mol. The minimum absolute atomic E-state index is 0.0805. The first-order valence-electron chi connectivity index (χ1n) is 7.78. The van der Waals surface area contributed by atoms with Crippen molar-refractivity contribution in [2.24, 2.45) is 0 Å². The molecule has 1 heterocycles. The van der Waals surface area contributed by atoms with Crippen LogP contribution < -0.4 is 11.1 Å². The van der Waals surface area contributed by atoms with Crippen LogP contribution in [0.3, 0.4) is 0 Å². The van der Waals surface area contributed by atoms with E-state index in [4.69, 9.17) is 4.42 Å². The van der Waals surface area contributed by atoms with Gasteiger partial charge in [-0.1, -0.05) is 12.1 Å². The summed E-state index contributed by atoms with van der Waals surface area (Å²) in [4.78, 5) is 33.7. The number of nitro groups is 1. The molecule has 1 amide bonds. The summed E-state index contributed by atoms with van der Waals surface area (Å²) in [5.41, 5.74) is 0.542. The number of benzene rings is 2. The van der Waals surface area contributed by atoms with Gasteiger partial charge in [-0.25, -0.2) is 4.79 Å². The van der Waals surface area contributed by atoms with Crippen molar-refractivity contribution >= 4 is 28.4 Å². The minimum atomic E-state index is -0.973. The van der Waals surface area contributed by atoms with Gasteiger partial charge in [0, 0.05) is 24.7 Å². The molecule has 0 spiro atoms. The maximum atomic E-state index is 13.3. The zero-order valence-electron chi connectivity index (χ0n) is 13.5. The highest BCUT2D eigenvalue weighted by Gasteiger charge is 2.15. The van der Waals surface area contributed by atoms with Crippen LogP contribution in [-0.4, -0.2) is 15.4 Å². The van der Waals surface area contributed by atoms with Crippen LogP contribution in [0.4, 0.5) is 15.8 Å². The molecule has 0 bridgehead atoms. The first kappa shape index (κ1) is 17.3. The van der Waals surface area contributed by atoms with Crippen LogP contribution in [0, 0.1) is 15.9 Å². The second-order valence-electron chi connectivity index (χ2n) is 5.56. The Bertz CT molecular complexity index is 1040. The summed E-state index contributed by atoms with van der Waals surface area (Å²) in [7, 11) is 0. The number of halogens is 1. The van der Waals surface area contributed by atoms with Crippen molar-refractivity contribution in [3.63, 3.8) is 0 Å². The van der Waals surface area contributed by atoms with Crippen molar-refractivity contribution in [3.8, 4) is 0 Å². The molecule has 8 nitrogen and oxygen atoms in total. The van der Waals surface area contributed by atoms with E-state index in [0.29, 0.717) is 17.5 Å². The molecular weight excluding hydrogens is 345 g/mol. The second kappa shape index (κ2) is 7.18. The smallest absolute Gasteiger partial charge is 0.408 e. The van der Waals surface area contributed by atoms with E-state index in [9.17, 15) is 24.1 Å². The number of nitrogens with one attached hydrogen (secondary N) is 1. The Hall–Kier alpha value is -3.49. The van der Waals surface area contributed by atoms with Crippen LogP contribution in [0.5, 0.6) is 0 Å². The fourth-order valence-corrected chi connectivity index (χ4v) is 2.58. The molecule has 0 atom stereocenters. The molecule has 134 valence electrons. The number of anilines is 1. The van der Waals surface area contributed by atoms with E-state index in [1.54, 1.807) is 24.3 Å². The van der Waals surface area contributed by atoms with E-state index < -0.39 is 28.1 Å². The molecular formula is C17H14FN3O5. The average molecular weight is 359 g/mol. The predicted octanol–water partition coefficient (Wildman–Crippen LogP) is 3.06. The Kier molecular flexibility index (Phi) is 4.78. The summed E-state index contributed by atoms with van der Waals surface area (Å²) >= 11 is 0. The van der Waals surface area contributed by atoms with E-state index in [0.717, 1.165) is 12.1 Å². The minimum Gasteiger partial charge on any atom is -0.408 e. The molecule has 0 radical (unpaired) electrons. The number of para-hydroxylation sites is 2. The van der Waals surface area contributed by atoms with E-state index in [-0.39, 0.29) is 18.7 Å². The van der Waals surface area contributed by atoms with Crippen molar-refractivity contribution < 1.29 is 18.5 Å². The second-order valence-corrected chi connectivity index (χ2v) is 5.56. The fraction of sp³-hybridized carbons (Fsp3) is 0.176. The SMILES string of the molecule is O=C(CCCn1c(=O)oc2ccccc21)Nc1ccc(F)c([N+](=O)[O-])c1. The summed E-state index contributed by atoms with van der Waals surface area (Å²) in [5, 5.41) is 13.2. The van der Waals surface area contributed by atoms with Crippen molar-refractivity contribution in [3.05, 3.63) is 68.9 Å². The van der Waals surface area contributed by atoms with Gasteiger partial charge in [-0.3, -0.25) is 19.5 Å². The van der Waals surface area contributed by atoms with Gasteiger partial charge < -0.3 is 9.73 Å². The molecule has 0 unspecified atom stereocenters. The zero-order valence-corrected chi connectivity index (χ0v) is 13.5. The van der Waals surface area contributed by atoms with Gasteiger partial charge in [0.1, 0.15) is 0 Å². The lowest BCUT2D eigenvalue weighted by Gasteiger charge is -2.06. The maximum Gasteiger partial charge on any atom is 0.419 e. The van der Waals surface area contributed by atoms with E-state index in [2.05, 4.69) is 5.32 Å². The number of hydrogen-bond acceptors (Lipinski definition) is 5. The normalized spacial score (nSPS) is 10.8. The number of amides is 1. The maximum absolute atomic E-state index is 13.3. The van der Waals surface area contributed by atoms with E-state index in [1.807, 2.05) is 0 Å². The Balaban J connectivity index is 1.61. The Labute approximate surface area is 146 Å². The lowest BCUT2D eigenvalue weighted by atomic mass is 10.2. The molecule has 0 saturated carbocycles. The molecule has 3 aromatic rings.